The van der Waals surface area contributed by atoms with Gasteiger partial charge >= 0.3 is 5.97 Å². The zero-order chi connectivity index (χ0) is 15.2. The largest absolute Gasteiger partial charge is 0.461 e. The molecule has 4 nitrogen and oxygen atoms in total. The maximum atomic E-state index is 10.9. The highest BCUT2D eigenvalue weighted by Gasteiger charge is 2.06. The third kappa shape index (κ3) is 4.33. The van der Waals surface area contributed by atoms with Gasteiger partial charge in [-0.2, -0.15) is 5.26 Å². The molecule has 0 unspecified atom stereocenters. The lowest BCUT2D eigenvalue weighted by Gasteiger charge is -2.10. The van der Waals surface area contributed by atoms with Crippen molar-refractivity contribution in [1.82, 2.24) is 0 Å². The number of benzene rings is 2. The molecule has 21 heavy (non-hydrogen) atoms. The third-order valence-corrected chi connectivity index (χ3v) is 3.42. The van der Waals surface area contributed by atoms with Crippen molar-refractivity contribution in [1.29, 1.82) is 5.26 Å². The first-order chi connectivity index (χ1) is 10.1. The molecular weight excluding hydrogens is 334 g/mol. The molecule has 106 valence electrons. The monoisotopic (exact) mass is 345 g/mol. The number of hydrogen-bond donors (Lipinski definition) is 0. The minimum absolute atomic E-state index is 0.172. The summed E-state index contributed by atoms with van der Waals surface area (Å²) in [5, 5.41) is 8.87. The van der Waals surface area contributed by atoms with Gasteiger partial charge in [0.2, 0.25) is 0 Å². The molecular formula is C16H12BrNO3. The third-order valence-electron chi connectivity index (χ3n) is 2.65. The van der Waals surface area contributed by atoms with Gasteiger partial charge in [-0.1, -0.05) is 22.0 Å². The van der Waals surface area contributed by atoms with Crippen molar-refractivity contribution < 1.29 is 14.3 Å². The Morgan fingerprint density at radius 3 is 2.71 bits per heavy atom. The first kappa shape index (κ1) is 15.1. The topological polar surface area (TPSA) is 59.3 Å². The summed E-state index contributed by atoms with van der Waals surface area (Å²) in [6.45, 7) is 1.53. The van der Waals surface area contributed by atoms with Gasteiger partial charge in [0.1, 0.15) is 18.1 Å². The lowest BCUT2D eigenvalue weighted by Crippen LogP contribution is -1.99. The minimum atomic E-state index is -0.338. The number of esters is 1. The van der Waals surface area contributed by atoms with Crippen molar-refractivity contribution in [3.8, 4) is 17.6 Å². The number of nitrogens with zero attached hydrogens (tertiary/aromatic N) is 1. The number of nitriles is 1. The lowest BCUT2D eigenvalue weighted by atomic mass is 10.2. The maximum Gasteiger partial charge on any atom is 0.302 e. The Bertz CT molecular complexity index is 707. The molecule has 0 aliphatic rings. The zero-order valence-electron chi connectivity index (χ0n) is 11.3. The normalized spacial score (nSPS) is 9.76. The molecule has 0 bridgehead atoms. The number of halogens is 1. The Kier molecular flexibility index (Phi) is 4.96. The second kappa shape index (κ2) is 6.91. The molecule has 2 aromatic rings. The van der Waals surface area contributed by atoms with Crippen molar-refractivity contribution in [3.63, 3.8) is 0 Å². The predicted octanol–water partition coefficient (Wildman–Crippen LogP) is 4.18. The number of rotatable bonds is 4. The van der Waals surface area contributed by atoms with Gasteiger partial charge in [0.15, 0.2) is 0 Å². The van der Waals surface area contributed by atoms with E-state index in [9.17, 15) is 4.79 Å². The van der Waals surface area contributed by atoms with E-state index >= 15 is 0 Å². The summed E-state index contributed by atoms with van der Waals surface area (Å²) in [7, 11) is 0. The van der Waals surface area contributed by atoms with Crippen LogP contribution in [0.15, 0.2) is 46.9 Å². The lowest BCUT2D eigenvalue weighted by molar-refractivity contribution is -0.142. The van der Waals surface area contributed by atoms with E-state index in [1.54, 1.807) is 36.4 Å². The fourth-order valence-electron chi connectivity index (χ4n) is 1.67. The van der Waals surface area contributed by atoms with Crippen LogP contribution in [0.25, 0.3) is 0 Å². The van der Waals surface area contributed by atoms with Gasteiger partial charge in [-0.05, 0) is 36.4 Å². The predicted molar refractivity (Wildman–Crippen MR) is 80.8 cm³/mol. The van der Waals surface area contributed by atoms with E-state index in [1.165, 1.54) is 6.92 Å². The van der Waals surface area contributed by atoms with Crippen LogP contribution < -0.4 is 4.74 Å². The van der Waals surface area contributed by atoms with Gasteiger partial charge in [0.05, 0.1) is 11.6 Å². The molecule has 0 atom stereocenters. The highest BCUT2D eigenvalue weighted by molar-refractivity contribution is 9.10. The van der Waals surface area contributed by atoms with Crippen molar-refractivity contribution in [2.24, 2.45) is 0 Å². The van der Waals surface area contributed by atoms with E-state index in [1.807, 2.05) is 6.07 Å². The Morgan fingerprint density at radius 2 is 2.00 bits per heavy atom. The first-order valence-electron chi connectivity index (χ1n) is 6.18. The molecule has 0 aromatic heterocycles. The smallest absolute Gasteiger partial charge is 0.302 e. The molecule has 0 heterocycles. The van der Waals surface area contributed by atoms with Crippen LogP contribution in [-0.4, -0.2) is 5.97 Å². The van der Waals surface area contributed by atoms with Gasteiger partial charge in [-0.25, -0.2) is 0 Å². The second-order valence-electron chi connectivity index (χ2n) is 4.28. The van der Waals surface area contributed by atoms with Crippen LogP contribution in [0.1, 0.15) is 18.1 Å². The Hall–Kier alpha value is -2.32. The summed E-state index contributed by atoms with van der Waals surface area (Å²) in [4.78, 5) is 10.9. The SMILES string of the molecule is CC(=O)OCc1cc(Oc2cccc(C#N)c2)ccc1Br. The number of carbonyl (C=O) groups is 1. The second-order valence-corrected chi connectivity index (χ2v) is 5.13. The molecule has 0 saturated carbocycles. The molecule has 0 spiro atoms. The van der Waals surface area contributed by atoms with Gasteiger partial charge in [0, 0.05) is 17.0 Å². The Balaban J connectivity index is 2.18. The van der Waals surface area contributed by atoms with Crippen LogP contribution in [0.4, 0.5) is 0 Å². The standard InChI is InChI=1S/C16H12BrNO3/c1-11(19)20-10-13-8-15(5-6-16(13)17)21-14-4-2-3-12(7-14)9-18/h2-8H,10H2,1H3. The summed E-state index contributed by atoms with van der Waals surface area (Å²) >= 11 is 3.40. The highest BCUT2D eigenvalue weighted by atomic mass is 79.9. The molecule has 0 N–H and O–H groups in total. The van der Waals surface area contributed by atoms with E-state index < -0.39 is 0 Å². The quantitative estimate of drug-likeness (QED) is 0.780. The van der Waals surface area contributed by atoms with E-state index in [4.69, 9.17) is 14.7 Å². The fourth-order valence-corrected chi connectivity index (χ4v) is 2.03. The van der Waals surface area contributed by atoms with Gasteiger partial charge in [-0.15, -0.1) is 0 Å². The van der Waals surface area contributed by atoms with Crippen LogP contribution in [0.3, 0.4) is 0 Å². The van der Waals surface area contributed by atoms with Crippen molar-refractivity contribution in [2.45, 2.75) is 13.5 Å². The van der Waals surface area contributed by atoms with Gasteiger partial charge in [-0.3, -0.25) is 4.79 Å². The number of ether oxygens (including phenoxy) is 2. The summed E-state index contributed by atoms with van der Waals surface area (Å²) < 4.78 is 11.5. The van der Waals surface area contributed by atoms with Crippen LogP contribution in [0.5, 0.6) is 11.5 Å². The summed E-state index contributed by atoms with van der Waals surface area (Å²) in [5.41, 5.74) is 1.34. The Morgan fingerprint density at radius 1 is 1.24 bits per heavy atom. The molecule has 0 aliphatic heterocycles. The molecule has 0 saturated heterocycles. The van der Waals surface area contributed by atoms with Crippen LogP contribution in [0, 0.1) is 11.3 Å². The van der Waals surface area contributed by atoms with Crippen molar-refractivity contribution in [3.05, 3.63) is 58.1 Å². The fraction of sp³-hybridized carbons (Fsp3) is 0.125. The van der Waals surface area contributed by atoms with E-state index in [2.05, 4.69) is 22.0 Å². The summed E-state index contributed by atoms with van der Waals surface area (Å²) in [6.07, 6.45) is 0. The van der Waals surface area contributed by atoms with E-state index in [-0.39, 0.29) is 12.6 Å². The average Bonchev–Trinajstić information content (AvgIpc) is 2.48. The molecule has 0 radical (unpaired) electrons. The maximum absolute atomic E-state index is 10.9. The molecule has 0 fully saturated rings. The van der Waals surface area contributed by atoms with Crippen molar-refractivity contribution >= 4 is 21.9 Å². The molecule has 0 aliphatic carbocycles. The van der Waals surface area contributed by atoms with Crippen LogP contribution >= 0.6 is 15.9 Å². The molecule has 2 aromatic carbocycles. The Labute approximate surface area is 131 Å². The van der Waals surface area contributed by atoms with E-state index in [0.717, 1.165) is 10.0 Å². The van der Waals surface area contributed by atoms with E-state index in [0.29, 0.717) is 17.1 Å². The van der Waals surface area contributed by atoms with Crippen molar-refractivity contribution in [2.75, 3.05) is 0 Å². The summed E-state index contributed by atoms with van der Waals surface area (Å²) in [6, 6.07) is 14.4. The van der Waals surface area contributed by atoms with Gasteiger partial charge < -0.3 is 9.47 Å². The van der Waals surface area contributed by atoms with Gasteiger partial charge in [0.25, 0.3) is 0 Å². The average molecular weight is 346 g/mol. The number of carbonyl (C=O) groups excluding carboxylic acids is 1. The minimum Gasteiger partial charge on any atom is -0.461 e. The molecule has 2 rings (SSSR count). The van der Waals surface area contributed by atoms with Crippen LogP contribution in [-0.2, 0) is 16.1 Å². The van der Waals surface area contributed by atoms with Crippen LogP contribution in [0.2, 0.25) is 0 Å². The summed E-state index contributed by atoms with van der Waals surface area (Å²) in [5.74, 6) is 0.847. The molecule has 5 heteroatoms. The molecule has 0 amide bonds. The number of hydrogen-bond acceptors (Lipinski definition) is 4. The zero-order valence-corrected chi connectivity index (χ0v) is 12.9. The highest BCUT2D eigenvalue weighted by Crippen LogP contribution is 2.27. The first-order valence-corrected chi connectivity index (χ1v) is 6.97.